The van der Waals surface area contributed by atoms with Crippen LogP contribution in [0.4, 0.5) is 26.3 Å². The Morgan fingerprint density at radius 1 is 1.26 bits per heavy atom. The lowest BCUT2D eigenvalue weighted by molar-refractivity contribution is -0.312. The molecule has 194 valence electrons. The lowest BCUT2D eigenvalue weighted by atomic mass is 9.86. The molecule has 2 saturated heterocycles. The van der Waals surface area contributed by atoms with Gasteiger partial charge in [0.15, 0.2) is 0 Å². The highest BCUT2D eigenvalue weighted by Crippen LogP contribution is 2.47. The maximum Gasteiger partial charge on any atom is 0.434 e. The zero-order valence-electron chi connectivity index (χ0n) is 16.2. The second-order valence-electron chi connectivity index (χ2n) is 6.71. The topological polar surface area (TPSA) is 95.2 Å². The largest absolute Gasteiger partial charge is 0.467 e. The van der Waals surface area contributed by atoms with Crippen molar-refractivity contribution in [3.63, 3.8) is 0 Å². The first-order chi connectivity index (χ1) is 14.8. The van der Waals surface area contributed by atoms with Crippen molar-refractivity contribution in [2.24, 2.45) is 5.92 Å². The van der Waals surface area contributed by atoms with Crippen molar-refractivity contribution >= 4 is 11.9 Å². The highest BCUT2D eigenvalue weighted by Gasteiger charge is 2.60. The molecule has 4 heterocycles. The number of hydrogen-bond donors (Lipinski definition) is 1. The number of rotatable bonds is 3. The van der Waals surface area contributed by atoms with Crippen LogP contribution >= 0.6 is 0 Å². The molecule has 2 fully saturated rings. The van der Waals surface area contributed by atoms with Crippen LogP contribution in [0.2, 0.25) is 0 Å². The summed E-state index contributed by atoms with van der Waals surface area (Å²) >= 11 is 0. The first-order valence-electron chi connectivity index (χ1n) is 8.96. The molecule has 1 unspecified atom stereocenters. The summed E-state index contributed by atoms with van der Waals surface area (Å²) < 4.78 is 88.5. The lowest BCUT2D eigenvalue weighted by Gasteiger charge is -2.21. The molecule has 34 heavy (non-hydrogen) atoms. The van der Waals surface area contributed by atoms with Gasteiger partial charge in [-0.05, 0) is 24.6 Å². The Labute approximate surface area is 192 Å². The van der Waals surface area contributed by atoms with Gasteiger partial charge in [-0.3, -0.25) is 4.79 Å². The number of aliphatic hydroxyl groups excluding tert-OH is 1. The molecular weight excluding hydrogens is 478 g/mol. The van der Waals surface area contributed by atoms with Gasteiger partial charge in [0.2, 0.25) is 0 Å². The van der Waals surface area contributed by atoms with Crippen LogP contribution in [0.15, 0.2) is 47.6 Å². The smallest absolute Gasteiger partial charge is 0.434 e. The summed E-state index contributed by atoms with van der Waals surface area (Å²) in [6.07, 6.45) is -8.73. The standard InChI is InChI=1S/C8H8O3.C6H4F6O2.C5H6O2.2CH4/c9-7-6-3-5-1-2-8(6,11-5)4-10-7;1-2-3(13)14-4(5(7,8)9)6(10,11)12;6-4-5-2-1-3-7-5;;/h1-2,5-6H,3-4H2;2,4H,1H2;1-3,6H,4H2;2*1H4/t5-,6?,8-;;;;/m1..../s1. The highest BCUT2D eigenvalue weighted by molar-refractivity contribution is 5.81. The Kier molecular flexibility index (Phi) is 11.1. The van der Waals surface area contributed by atoms with Gasteiger partial charge in [-0.25, -0.2) is 4.79 Å². The fourth-order valence-electron chi connectivity index (χ4n) is 3.04. The Hall–Kier alpha value is -2.80. The minimum absolute atomic E-state index is 0. The maximum atomic E-state index is 11.7. The number of aliphatic hydroxyl groups is 1. The number of furan rings is 1. The minimum atomic E-state index is -5.68. The van der Waals surface area contributed by atoms with Gasteiger partial charge in [0.1, 0.15) is 24.6 Å². The van der Waals surface area contributed by atoms with Gasteiger partial charge in [-0.2, -0.15) is 26.3 Å². The van der Waals surface area contributed by atoms with E-state index in [1.807, 2.05) is 12.2 Å². The van der Waals surface area contributed by atoms with Crippen LogP contribution in [0.5, 0.6) is 0 Å². The maximum absolute atomic E-state index is 11.7. The van der Waals surface area contributed by atoms with Crippen LogP contribution < -0.4 is 0 Å². The van der Waals surface area contributed by atoms with Crippen molar-refractivity contribution in [2.75, 3.05) is 6.61 Å². The normalized spacial score (nSPS) is 23.8. The number of alkyl halides is 6. The van der Waals surface area contributed by atoms with Gasteiger partial charge >= 0.3 is 24.3 Å². The monoisotopic (exact) mass is 504 g/mol. The van der Waals surface area contributed by atoms with Crippen molar-refractivity contribution in [2.45, 2.75) is 58.0 Å². The highest BCUT2D eigenvalue weighted by atomic mass is 19.4. The average molecular weight is 504 g/mol. The Morgan fingerprint density at radius 3 is 2.26 bits per heavy atom. The third-order valence-electron chi connectivity index (χ3n) is 4.48. The summed E-state index contributed by atoms with van der Waals surface area (Å²) in [6, 6.07) is 3.46. The molecule has 7 nitrogen and oxygen atoms in total. The second kappa shape index (κ2) is 12.1. The van der Waals surface area contributed by atoms with E-state index in [1.165, 1.54) is 6.26 Å². The minimum Gasteiger partial charge on any atom is -0.467 e. The van der Waals surface area contributed by atoms with E-state index < -0.39 is 24.4 Å². The predicted octanol–water partition coefficient (Wildman–Crippen LogP) is 4.51. The molecule has 0 amide bonds. The van der Waals surface area contributed by atoms with Gasteiger partial charge in [0.05, 0.1) is 18.3 Å². The Morgan fingerprint density at radius 2 is 1.88 bits per heavy atom. The van der Waals surface area contributed by atoms with E-state index in [2.05, 4.69) is 11.3 Å². The quantitative estimate of drug-likeness (QED) is 0.280. The number of cyclic esters (lactones) is 1. The molecule has 0 saturated carbocycles. The predicted molar refractivity (Wildman–Crippen MR) is 106 cm³/mol. The number of carbonyl (C=O) groups is 2. The summed E-state index contributed by atoms with van der Waals surface area (Å²) in [5.74, 6) is -1.28. The van der Waals surface area contributed by atoms with Gasteiger partial charge < -0.3 is 23.7 Å². The fourth-order valence-corrected chi connectivity index (χ4v) is 3.04. The summed E-state index contributed by atoms with van der Waals surface area (Å²) in [4.78, 5) is 21.3. The van der Waals surface area contributed by atoms with Crippen LogP contribution in [-0.4, -0.2) is 53.8 Å². The second-order valence-corrected chi connectivity index (χ2v) is 6.71. The number of hydrogen-bond acceptors (Lipinski definition) is 7. The Balaban J connectivity index is 0.000000487. The lowest BCUT2D eigenvalue weighted by Crippen LogP contribution is -2.45. The summed E-state index contributed by atoms with van der Waals surface area (Å²) in [6.45, 7) is 3.08. The van der Waals surface area contributed by atoms with Crippen LogP contribution in [0.1, 0.15) is 27.0 Å². The first kappa shape index (κ1) is 31.2. The molecule has 1 aromatic heterocycles. The molecule has 0 radical (unpaired) electrons. The fraction of sp³-hybridized carbons (Fsp3) is 0.524. The van der Waals surface area contributed by atoms with E-state index in [0.29, 0.717) is 12.4 Å². The van der Waals surface area contributed by atoms with E-state index in [-0.39, 0.29) is 51.1 Å². The number of halogens is 6. The molecular formula is C21H26F6O7. The third kappa shape index (κ3) is 7.62. The van der Waals surface area contributed by atoms with Crippen LogP contribution in [0, 0.1) is 5.92 Å². The van der Waals surface area contributed by atoms with E-state index in [0.717, 1.165) is 6.42 Å². The van der Waals surface area contributed by atoms with Crippen LogP contribution in [0.3, 0.4) is 0 Å². The molecule has 3 aliphatic heterocycles. The van der Waals surface area contributed by atoms with Crippen molar-refractivity contribution in [1.82, 2.24) is 0 Å². The van der Waals surface area contributed by atoms with Crippen molar-refractivity contribution < 1.29 is 59.7 Å². The zero-order valence-corrected chi connectivity index (χ0v) is 16.2. The van der Waals surface area contributed by atoms with Gasteiger partial charge in [-0.1, -0.05) is 27.5 Å². The van der Waals surface area contributed by atoms with E-state index in [9.17, 15) is 35.9 Å². The van der Waals surface area contributed by atoms with Crippen molar-refractivity contribution in [3.8, 4) is 0 Å². The van der Waals surface area contributed by atoms with Crippen molar-refractivity contribution in [1.29, 1.82) is 0 Å². The molecule has 0 aliphatic carbocycles. The molecule has 1 N–H and O–H groups in total. The summed E-state index contributed by atoms with van der Waals surface area (Å²) in [7, 11) is 0. The van der Waals surface area contributed by atoms with Crippen LogP contribution in [-0.2, 0) is 30.4 Å². The van der Waals surface area contributed by atoms with Gasteiger partial charge in [-0.15, -0.1) is 0 Å². The van der Waals surface area contributed by atoms with E-state index in [1.54, 1.807) is 12.1 Å². The van der Waals surface area contributed by atoms with Crippen molar-refractivity contribution in [3.05, 3.63) is 49.0 Å². The number of fused-ring (bicyclic) bond motifs is 1. The zero-order chi connectivity index (χ0) is 24.2. The molecule has 3 atom stereocenters. The summed E-state index contributed by atoms with van der Waals surface area (Å²) in [5.41, 5.74) is -0.359. The van der Waals surface area contributed by atoms with E-state index >= 15 is 0 Å². The average Bonchev–Trinajstić information content (AvgIpc) is 3.48. The molecule has 13 heteroatoms. The summed E-state index contributed by atoms with van der Waals surface area (Å²) in [5, 5.41) is 8.33. The SMILES string of the molecule is C.C.C=CC(=O)OC(C(F)(F)F)C(F)(F)F.O=C1OC[C@]23C=C[C@H](CC12)O3.OCc1ccco1. The van der Waals surface area contributed by atoms with E-state index in [4.69, 9.17) is 19.0 Å². The molecule has 4 rings (SSSR count). The van der Waals surface area contributed by atoms with Crippen LogP contribution in [0.25, 0.3) is 0 Å². The van der Waals surface area contributed by atoms with Gasteiger partial charge in [0, 0.05) is 6.08 Å². The van der Waals surface area contributed by atoms with Gasteiger partial charge in [0.25, 0.3) is 6.10 Å². The molecule has 0 aromatic carbocycles. The first-order valence-corrected chi connectivity index (χ1v) is 8.96. The number of carbonyl (C=O) groups excluding carboxylic acids is 2. The molecule has 1 spiro atoms. The molecule has 1 aromatic rings. The number of ether oxygens (including phenoxy) is 3. The third-order valence-corrected chi connectivity index (χ3v) is 4.48. The Bertz CT molecular complexity index is 818. The molecule has 2 bridgehead atoms. The molecule has 3 aliphatic rings. The number of esters is 2.